The van der Waals surface area contributed by atoms with Gasteiger partial charge in [0.25, 0.3) is 5.56 Å². The van der Waals surface area contributed by atoms with Crippen molar-refractivity contribution in [2.24, 2.45) is 0 Å². The molecule has 4 nitrogen and oxygen atoms in total. The van der Waals surface area contributed by atoms with E-state index in [0.29, 0.717) is 32.8 Å². The van der Waals surface area contributed by atoms with Crippen molar-refractivity contribution in [1.82, 2.24) is 14.5 Å². The number of thioether (sulfide) groups is 1. The Labute approximate surface area is 219 Å². The second-order valence-corrected chi connectivity index (χ2v) is 10.6. The zero-order chi connectivity index (χ0) is 24.5. The maximum Gasteiger partial charge on any atom is 0.264 e. The molecule has 1 aliphatic carbocycles. The van der Waals surface area contributed by atoms with Gasteiger partial charge < -0.3 is 0 Å². The lowest BCUT2D eigenvalue weighted by Gasteiger charge is -2.23. The van der Waals surface area contributed by atoms with Gasteiger partial charge in [0.1, 0.15) is 0 Å². The van der Waals surface area contributed by atoms with Gasteiger partial charge in [-0.25, -0.2) is 9.97 Å². The molecule has 0 amide bonds. The molecule has 0 atom stereocenters. The topological polar surface area (TPSA) is 47.8 Å². The van der Waals surface area contributed by atoms with Crippen LogP contribution in [-0.2, 0) is 13.0 Å². The predicted molar refractivity (Wildman–Crippen MR) is 149 cm³/mol. The second kappa shape index (κ2) is 10.2. The van der Waals surface area contributed by atoms with Crippen molar-refractivity contribution in [2.45, 2.75) is 44.8 Å². The lowest BCUT2D eigenvalue weighted by Crippen LogP contribution is -2.24. The normalized spacial score (nSPS) is 14.5. The van der Waals surface area contributed by atoms with Gasteiger partial charge in [-0.15, -0.1) is 0 Å². The number of benzene rings is 2. The average molecular weight is 523 g/mol. The Morgan fingerprint density at radius 1 is 0.971 bits per heavy atom. The summed E-state index contributed by atoms with van der Waals surface area (Å²) in [5.74, 6) is 0.828. The highest BCUT2D eigenvalue weighted by molar-refractivity contribution is 7.99. The highest BCUT2D eigenvalue weighted by Crippen LogP contribution is 2.40. The molecular weight excluding hydrogens is 497 g/mol. The zero-order valence-electron chi connectivity index (χ0n) is 19.6. The quantitative estimate of drug-likeness (QED) is 0.198. The van der Waals surface area contributed by atoms with E-state index in [-0.39, 0.29) is 5.56 Å². The Kier molecular flexibility index (Phi) is 7.01. The van der Waals surface area contributed by atoms with Crippen LogP contribution in [0.5, 0.6) is 0 Å². The summed E-state index contributed by atoms with van der Waals surface area (Å²) < 4.78 is 1.76. The van der Waals surface area contributed by atoms with E-state index in [1.165, 1.54) is 0 Å². The summed E-state index contributed by atoms with van der Waals surface area (Å²) in [4.78, 5) is 23.8. The molecule has 178 valence electrons. The van der Waals surface area contributed by atoms with E-state index in [9.17, 15) is 4.79 Å². The van der Waals surface area contributed by atoms with Gasteiger partial charge in [-0.1, -0.05) is 66.2 Å². The minimum atomic E-state index is -0.0393. The van der Waals surface area contributed by atoms with Crippen LogP contribution >= 0.6 is 35.0 Å². The van der Waals surface area contributed by atoms with Crippen LogP contribution in [0.25, 0.3) is 33.8 Å². The first-order chi connectivity index (χ1) is 17.0. The fourth-order valence-electron chi connectivity index (χ4n) is 4.70. The summed E-state index contributed by atoms with van der Waals surface area (Å²) in [5, 5.41) is 2.67. The molecule has 2 aromatic heterocycles. The number of hydrogen-bond acceptors (Lipinski definition) is 4. The van der Waals surface area contributed by atoms with Crippen LogP contribution in [0.3, 0.4) is 0 Å². The first-order valence-electron chi connectivity index (χ1n) is 11.8. The molecule has 5 rings (SSSR count). The van der Waals surface area contributed by atoms with Crippen molar-refractivity contribution in [2.75, 3.05) is 5.75 Å². The summed E-state index contributed by atoms with van der Waals surface area (Å²) in [7, 11) is 0. The van der Waals surface area contributed by atoms with Crippen molar-refractivity contribution >= 4 is 57.6 Å². The molecule has 0 aliphatic heterocycles. The Bertz CT molecular complexity index is 1490. The fourth-order valence-corrected chi connectivity index (χ4v) is 5.73. The maximum atomic E-state index is 13.8. The van der Waals surface area contributed by atoms with Crippen LogP contribution in [-0.4, -0.2) is 20.3 Å². The number of hydrogen-bond donors (Lipinski definition) is 0. The monoisotopic (exact) mass is 521 g/mol. The summed E-state index contributed by atoms with van der Waals surface area (Å²) in [5.41, 5.74) is 6.60. The fraction of sp³-hybridized carbons (Fsp3) is 0.250. The summed E-state index contributed by atoms with van der Waals surface area (Å²) in [6.45, 7) is 4.60. The van der Waals surface area contributed by atoms with E-state index >= 15 is 0 Å². The van der Waals surface area contributed by atoms with Gasteiger partial charge in [0.05, 0.1) is 11.1 Å². The maximum absolute atomic E-state index is 13.8. The van der Waals surface area contributed by atoms with Crippen molar-refractivity contribution in [3.63, 3.8) is 0 Å². The number of halogens is 2. The standard InChI is InChI=1S/C28H25Cl2N3OS/c1-3-33-27(34)24-23(18-10-14-21(30)15-11-18)22-7-5-6-19(16-17-8-12-20(29)13-9-17)25(22)31-26(24)32-28(33)35-4-2/h8-16H,3-7H2,1-2H3/b19-16+. The molecule has 0 bridgehead atoms. The second-order valence-electron chi connectivity index (χ2n) is 8.47. The van der Waals surface area contributed by atoms with Gasteiger partial charge in [0.2, 0.25) is 0 Å². The highest BCUT2D eigenvalue weighted by Gasteiger charge is 2.26. The van der Waals surface area contributed by atoms with Crippen molar-refractivity contribution in [1.29, 1.82) is 0 Å². The van der Waals surface area contributed by atoms with Crippen LogP contribution in [0, 0.1) is 0 Å². The van der Waals surface area contributed by atoms with E-state index in [1.807, 2.05) is 55.5 Å². The smallest absolute Gasteiger partial charge is 0.264 e. The van der Waals surface area contributed by atoms with Gasteiger partial charge in [-0.2, -0.15) is 0 Å². The first-order valence-corrected chi connectivity index (χ1v) is 13.6. The lowest BCUT2D eigenvalue weighted by atomic mass is 9.84. The SMILES string of the molecule is CCSc1nc2nc3c(c(-c4ccc(Cl)cc4)c2c(=O)n1CC)CCC/C3=C\c1ccc(Cl)cc1. The van der Waals surface area contributed by atoms with Gasteiger partial charge in [-0.3, -0.25) is 9.36 Å². The van der Waals surface area contributed by atoms with Gasteiger partial charge >= 0.3 is 0 Å². The number of aromatic nitrogens is 3. The molecule has 0 spiro atoms. The van der Waals surface area contributed by atoms with Gasteiger partial charge in [0.15, 0.2) is 10.8 Å². The van der Waals surface area contributed by atoms with E-state index in [2.05, 4.69) is 13.0 Å². The molecule has 1 aliphatic rings. The van der Waals surface area contributed by atoms with Crippen molar-refractivity contribution in [3.05, 3.63) is 85.8 Å². The largest absolute Gasteiger partial charge is 0.287 e. The van der Waals surface area contributed by atoms with Crippen LogP contribution in [0.4, 0.5) is 0 Å². The molecule has 2 aromatic carbocycles. The molecular formula is C28H25Cl2N3OS. The molecule has 0 unspecified atom stereocenters. The summed E-state index contributed by atoms with van der Waals surface area (Å²) in [6, 6.07) is 15.5. The Balaban J connectivity index is 1.85. The minimum absolute atomic E-state index is 0.0393. The Morgan fingerprint density at radius 2 is 1.66 bits per heavy atom. The molecule has 35 heavy (non-hydrogen) atoms. The summed E-state index contributed by atoms with van der Waals surface area (Å²) in [6.07, 6.45) is 4.93. The summed E-state index contributed by atoms with van der Waals surface area (Å²) >= 11 is 13.9. The van der Waals surface area contributed by atoms with Crippen LogP contribution in [0.15, 0.2) is 58.5 Å². The van der Waals surface area contributed by atoms with Gasteiger partial charge in [-0.05, 0) is 84.5 Å². The van der Waals surface area contributed by atoms with E-state index in [4.69, 9.17) is 33.2 Å². The zero-order valence-corrected chi connectivity index (χ0v) is 22.0. The van der Waals surface area contributed by atoms with Crippen LogP contribution in [0.1, 0.15) is 43.5 Å². The minimum Gasteiger partial charge on any atom is -0.287 e. The number of allylic oxidation sites excluding steroid dienone is 1. The highest BCUT2D eigenvalue weighted by atomic mass is 35.5. The number of fused-ring (bicyclic) bond motifs is 2. The number of pyridine rings is 1. The molecule has 0 saturated carbocycles. The third kappa shape index (κ3) is 4.65. The predicted octanol–water partition coefficient (Wildman–Crippen LogP) is 7.77. The molecule has 0 fully saturated rings. The lowest BCUT2D eigenvalue weighted by molar-refractivity contribution is 0.632. The molecule has 2 heterocycles. The first kappa shape index (κ1) is 24.1. The third-order valence-electron chi connectivity index (χ3n) is 6.28. The molecule has 0 N–H and O–H groups in total. The Hall–Kier alpha value is -2.60. The van der Waals surface area contributed by atoms with Crippen molar-refractivity contribution in [3.8, 4) is 11.1 Å². The number of nitrogens with zero attached hydrogens (tertiary/aromatic N) is 3. The molecule has 0 radical (unpaired) electrons. The number of rotatable bonds is 5. The molecule has 7 heteroatoms. The van der Waals surface area contributed by atoms with E-state index < -0.39 is 0 Å². The Morgan fingerprint density at radius 3 is 2.31 bits per heavy atom. The third-order valence-corrected chi connectivity index (χ3v) is 7.64. The average Bonchev–Trinajstić information content (AvgIpc) is 2.86. The van der Waals surface area contributed by atoms with Crippen LogP contribution in [0.2, 0.25) is 10.0 Å². The van der Waals surface area contributed by atoms with E-state index in [0.717, 1.165) is 58.5 Å². The van der Waals surface area contributed by atoms with E-state index in [1.54, 1.807) is 16.3 Å². The van der Waals surface area contributed by atoms with Gasteiger partial charge in [0, 0.05) is 22.2 Å². The molecule has 0 saturated heterocycles. The van der Waals surface area contributed by atoms with Crippen molar-refractivity contribution < 1.29 is 0 Å². The molecule has 4 aromatic rings. The van der Waals surface area contributed by atoms with Crippen LogP contribution < -0.4 is 5.56 Å².